The normalized spacial score (nSPS) is 11.0. The molecule has 3 aromatic rings. The second-order valence-corrected chi connectivity index (χ2v) is 5.83. The Kier molecular flexibility index (Phi) is 5.59. The Morgan fingerprint density at radius 3 is 2.69 bits per heavy atom. The molecule has 0 aliphatic carbocycles. The van der Waals surface area contributed by atoms with Gasteiger partial charge in [0.05, 0.1) is 27.0 Å². The molecule has 0 radical (unpaired) electrons. The predicted molar refractivity (Wildman–Crippen MR) is 106 cm³/mol. The molecular weight excluding hydrogens is 326 g/mol. The largest absolute Gasteiger partial charge is 0.493 e. The quantitative estimate of drug-likeness (QED) is 0.380. The van der Waals surface area contributed by atoms with E-state index in [1.165, 1.54) is 10.9 Å². The Morgan fingerprint density at radius 1 is 1.12 bits per heavy atom. The number of hydrogen-bond donors (Lipinski definition) is 1. The van der Waals surface area contributed by atoms with Gasteiger partial charge in [0.2, 0.25) is 0 Å². The van der Waals surface area contributed by atoms with Crippen LogP contribution in [-0.4, -0.2) is 25.0 Å². The van der Waals surface area contributed by atoms with Crippen molar-refractivity contribution < 1.29 is 9.47 Å². The third-order valence-electron chi connectivity index (χ3n) is 4.17. The van der Waals surface area contributed by atoms with E-state index >= 15 is 0 Å². The van der Waals surface area contributed by atoms with Crippen LogP contribution in [0.3, 0.4) is 0 Å². The molecule has 0 unspecified atom stereocenters. The molecule has 1 N–H and O–H groups in total. The van der Waals surface area contributed by atoms with Crippen LogP contribution in [0.5, 0.6) is 11.5 Å². The number of methoxy groups -OCH3 is 2. The Morgan fingerprint density at radius 2 is 1.92 bits per heavy atom. The van der Waals surface area contributed by atoms with Gasteiger partial charge < -0.3 is 19.5 Å². The Bertz CT molecular complexity index is 928. The van der Waals surface area contributed by atoms with Gasteiger partial charge in [-0.25, -0.2) is 0 Å². The summed E-state index contributed by atoms with van der Waals surface area (Å²) in [6.07, 6.45) is 5.83. The van der Waals surface area contributed by atoms with Crippen molar-refractivity contribution >= 4 is 17.1 Å². The molecule has 1 heterocycles. The molecule has 2 aromatic carbocycles. The minimum absolute atomic E-state index is 0.599. The van der Waals surface area contributed by atoms with Crippen molar-refractivity contribution in [3.8, 4) is 11.5 Å². The molecule has 0 fully saturated rings. The first-order valence-corrected chi connectivity index (χ1v) is 8.42. The number of allylic oxidation sites excluding steroid dienone is 1. The zero-order chi connectivity index (χ0) is 18.4. The van der Waals surface area contributed by atoms with Crippen molar-refractivity contribution in [3.63, 3.8) is 0 Å². The van der Waals surface area contributed by atoms with Crippen molar-refractivity contribution in [2.45, 2.75) is 13.1 Å². The van der Waals surface area contributed by atoms with Crippen molar-refractivity contribution in [3.05, 3.63) is 72.4 Å². The van der Waals surface area contributed by atoms with E-state index in [-0.39, 0.29) is 0 Å². The summed E-state index contributed by atoms with van der Waals surface area (Å²) in [5, 5.41) is 5.54. The molecule has 5 heteroatoms. The van der Waals surface area contributed by atoms with Crippen LogP contribution in [0.25, 0.3) is 10.9 Å². The van der Waals surface area contributed by atoms with E-state index in [1.54, 1.807) is 14.2 Å². The molecule has 0 amide bonds. The Labute approximate surface area is 153 Å². The standard InChI is InChI=1S/C21H23N3O2/c1-4-11-24-15-17(18-7-5-6-8-19(18)24)14-23-22-13-16-9-10-20(25-2)21(12-16)26-3/h4-10,12,14-15,22H,1,11,13H2,2-3H3/b23-14-. The first-order chi connectivity index (χ1) is 12.8. The number of nitrogens with zero attached hydrogens (tertiary/aromatic N) is 2. The number of aromatic nitrogens is 1. The van der Waals surface area contributed by atoms with Crippen LogP contribution in [0.2, 0.25) is 0 Å². The lowest BCUT2D eigenvalue weighted by Crippen LogP contribution is -2.06. The van der Waals surface area contributed by atoms with E-state index in [0.717, 1.165) is 23.4 Å². The van der Waals surface area contributed by atoms with Gasteiger partial charge in [0.15, 0.2) is 11.5 Å². The zero-order valence-electron chi connectivity index (χ0n) is 15.1. The van der Waals surface area contributed by atoms with Gasteiger partial charge in [-0.15, -0.1) is 6.58 Å². The first kappa shape index (κ1) is 17.6. The van der Waals surface area contributed by atoms with Crippen molar-refractivity contribution in [1.82, 2.24) is 9.99 Å². The fourth-order valence-corrected chi connectivity index (χ4v) is 2.91. The van der Waals surface area contributed by atoms with Gasteiger partial charge in [-0.05, 0) is 23.8 Å². The minimum Gasteiger partial charge on any atom is -0.493 e. The minimum atomic E-state index is 0.599. The number of fused-ring (bicyclic) bond motifs is 1. The van der Waals surface area contributed by atoms with Crippen LogP contribution in [0.15, 0.2) is 66.4 Å². The van der Waals surface area contributed by atoms with E-state index in [4.69, 9.17) is 9.47 Å². The van der Waals surface area contributed by atoms with Gasteiger partial charge in [0.25, 0.3) is 0 Å². The van der Waals surface area contributed by atoms with Gasteiger partial charge >= 0.3 is 0 Å². The summed E-state index contributed by atoms with van der Waals surface area (Å²) in [5.41, 5.74) is 6.40. The monoisotopic (exact) mass is 349 g/mol. The third kappa shape index (κ3) is 3.72. The summed E-state index contributed by atoms with van der Waals surface area (Å²) in [6.45, 7) is 5.19. The molecule has 0 spiro atoms. The molecule has 0 saturated heterocycles. The Hall–Kier alpha value is -3.21. The maximum atomic E-state index is 5.32. The first-order valence-electron chi connectivity index (χ1n) is 8.42. The average molecular weight is 349 g/mol. The number of hydrogen-bond acceptors (Lipinski definition) is 4. The number of hydrazone groups is 1. The molecule has 0 bridgehead atoms. The number of nitrogens with one attached hydrogen (secondary N) is 1. The van der Waals surface area contributed by atoms with E-state index in [2.05, 4.69) is 40.0 Å². The Balaban J connectivity index is 1.71. The highest BCUT2D eigenvalue weighted by Gasteiger charge is 2.06. The second-order valence-electron chi connectivity index (χ2n) is 5.83. The molecule has 0 atom stereocenters. The lowest BCUT2D eigenvalue weighted by atomic mass is 10.2. The molecule has 0 saturated carbocycles. The molecule has 26 heavy (non-hydrogen) atoms. The highest BCUT2D eigenvalue weighted by Crippen LogP contribution is 2.27. The number of ether oxygens (including phenoxy) is 2. The summed E-state index contributed by atoms with van der Waals surface area (Å²) >= 11 is 0. The molecule has 0 aliphatic heterocycles. The number of benzene rings is 2. The van der Waals surface area contributed by atoms with Gasteiger partial charge in [-0.3, -0.25) is 0 Å². The van der Waals surface area contributed by atoms with Crippen molar-refractivity contribution in [1.29, 1.82) is 0 Å². The summed E-state index contributed by atoms with van der Waals surface area (Å²) in [7, 11) is 3.26. The SMILES string of the molecule is C=CCn1cc(/C=N\NCc2ccc(OC)c(OC)c2)c2ccccc21. The van der Waals surface area contributed by atoms with Gasteiger partial charge in [0.1, 0.15) is 0 Å². The van der Waals surface area contributed by atoms with Crippen LogP contribution < -0.4 is 14.9 Å². The molecule has 3 rings (SSSR count). The summed E-state index contributed by atoms with van der Waals surface area (Å²) < 4.78 is 12.7. The molecule has 134 valence electrons. The maximum absolute atomic E-state index is 5.32. The van der Waals surface area contributed by atoms with Crippen LogP contribution in [0, 0.1) is 0 Å². The van der Waals surface area contributed by atoms with E-state index in [0.29, 0.717) is 12.3 Å². The summed E-state index contributed by atoms with van der Waals surface area (Å²) in [6, 6.07) is 14.1. The highest BCUT2D eigenvalue weighted by molar-refractivity contribution is 5.99. The fraction of sp³-hybridized carbons (Fsp3) is 0.190. The molecular formula is C21H23N3O2. The second kappa shape index (κ2) is 8.25. The lowest BCUT2D eigenvalue weighted by molar-refractivity contribution is 0.354. The van der Waals surface area contributed by atoms with E-state index in [1.807, 2.05) is 42.6 Å². The molecule has 0 aliphatic rings. The van der Waals surface area contributed by atoms with Gasteiger partial charge in [-0.2, -0.15) is 5.10 Å². The molecule has 5 nitrogen and oxygen atoms in total. The topological polar surface area (TPSA) is 47.8 Å². The van der Waals surface area contributed by atoms with E-state index < -0.39 is 0 Å². The molecule has 1 aromatic heterocycles. The number of para-hydroxylation sites is 1. The van der Waals surface area contributed by atoms with Crippen LogP contribution in [0.4, 0.5) is 0 Å². The van der Waals surface area contributed by atoms with Crippen molar-refractivity contribution in [2.24, 2.45) is 5.10 Å². The smallest absolute Gasteiger partial charge is 0.161 e. The van der Waals surface area contributed by atoms with Crippen LogP contribution in [0.1, 0.15) is 11.1 Å². The van der Waals surface area contributed by atoms with Gasteiger partial charge in [0, 0.05) is 29.2 Å². The predicted octanol–water partition coefficient (Wildman–Crippen LogP) is 3.97. The van der Waals surface area contributed by atoms with Crippen LogP contribution >= 0.6 is 0 Å². The maximum Gasteiger partial charge on any atom is 0.161 e. The van der Waals surface area contributed by atoms with Crippen molar-refractivity contribution in [2.75, 3.05) is 14.2 Å². The van der Waals surface area contributed by atoms with E-state index in [9.17, 15) is 0 Å². The third-order valence-corrected chi connectivity index (χ3v) is 4.17. The average Bonchev–Trinajstić information content (AvgIpc) is 3.03. The number of rotatable bonds is 8. The fourth-order valence-electron chi connectivity index (χ4n) is 2.91. The summed E-state index contributed by atoms with van der Waals surface area (Å²) in [4.78, 5) is 0. The van der Waals surface area contributed by atoms with Crippen LogP contribution in [-0.2, 0) is 13.1 Å². The van der Waals surface area contributed by atoms with Gasteiger partial charge in [-0.1, -0.05) is 30.3 Å². The summed E-state index contributed by atoms with van der Waals surface area (Å²) in [5.74, 6) is 1.43. The zero-order valence-corrected chi connectivity index (χ0v) is 15.1. The lowest BCUT2D eigenvalue weighted by Gasteiger charge is -2.09. The highest BCUT2D eigenvalue weighted by atomic mass is 16.5.